The SMILES string of the molecule is COC(=O)c1cc(Cl)ccc1N=NOS(C)(=O)=O. The summed E-state index contributed by atoms with van der Waals surface area (Å²) in [4.78, 5) is 11.4. The van der Waals surface area contributed by atoms with Crippen LogP contribution in [0.2, 0.25) is 5.02 Å². The van der Waals surface area contributed by atoms with Crippen LogP contribution in [0.5, 0.6) is 0 Å². The van der Waals surface area contributed by atoms with Crippen molar-refractivity contribution in [1.82, 2.24) is 0 Å². The third-order valence-corrected chi connectivity index (χ3v) is 2.25. The summed E-state index contributed by atoms with van der Waals surface area (Å²) < 4.78 is 29.9. The van der Waals surface area contributed by atoms with Crippen molar-refractivity contribution in [2.45, 2.75) is 0 Å². The van der Waals surface area contributed by atoms with E-state index >= 15 is 0 Å². The molecule has 0 unspecified atom stereocenters. The molecule has 0 spiro atoms. The lowest BCUT2D eigenvalue weighted by molar-refractivity contribution is 0.0601. The second-order valence-corrected chi connectivity index (χ2v) is 5.11. The standard InChI is InChI=1S/C9H9ClN2O5S/c1-16-9(13)7-5-6(10)3-4-8(7)11-12-17-18(2,14)15/h3-5H,1-2H3. The number of nitrogens with zero attached hydrogens (tertiary/aromatic N) is 2. The van der Waals surface area contributed by atoms with E-state index < -0.39 is 16.1 Å². The molecule has 0 amide bonds. The van der Waals surface area contributed by atoms with Gasteiger partial charge in [-0.3, -0.25) is 0 Å². The highest BCUT2D eigenvalue weighted by Crippen LogP contribution is 2.24. The van der Waals surface area contributed by atoms with Crippen molar-refractivity contribution in [1.29, 1.82) is 0 Å². The molecule has 0 aliphatic carbocycles. The number of esters is 1. The highest BCUT2D eigenvalue weighted by molar-refractivity contribution is 7.85. The number of hydrogen-bond acceptors (Lipinski definition) is 7. The van der Waals surface area contributed by atoms with Crippen LogP contribution in [-0.2, 0) is 19.1 Å². The number of hydrogen-bond donors (Lipinski definition) is 0. The third kappa shape index (κ3) is 4.30. The summed E-state index contributed by atoms with van der Waals surface area (Å²) in [5, 5.41) is 6.78. The summed E-state index contributed by atoms with van der Waals surface area (Å²) in [5.74, 6) is -0.675. The van der Waals surface area contributed by atoms with Crippen LogP contribution in [-0.4, -0.2) is 27.8 Å². The number of carbonyl (C=O) groups is 1. The van der Waals surface area contributed by atoms with E-state index in [0.29, 0.717) is 5.02 Å². The zero-order chi connectivity index (χ0) is 13.8. The largest absolute Gasteiger partial charge is 0.465 e. The summed E-state index contributed by atoms with van der Waals surface area (Å²) >= 11 is 5.72. The normalized spacial score (nSPS) is 11.5. The molecule has 1 aromatic carbocycles. The van der Waals surface area contributed by atoms with Crippen molar-refractivity contribution < 1.29 is 22.2 Å². The van der Waals surface area contributed by atoms with Crippen LogP contribution in [0.3, 0.4) is 0 Å². The second kappa shape index (κ2) is 5.78. The molecule has 18 heavy (non-hydrogen) atoms. The van der Waals surface area contributed by atoms with Gasteiger partial charge in [-0.25, -0.2) is 9.08 Å². The predicted octanol–water partition coefficient (Wildman–Crippen LogP) is 2.10. The number of halogens is 1. The fourth-order valence-electron chi connectivity index (χ4n) is 0.990. The van der Waals surface area contributed by atoms with E-state index in [1.807, 2.05) is 0 Å². The quantitative estimate of drug-likeness (QED) is 0.481. The van der Waals surface area contributed by atoms with Crippen LogP contribution in [0.1, 0.15) is 10.4 Å². The fourth-order valence-corrected chi connectivity index (χ4v) is 1.32. The van der Waals surface area contributed by atoms with E-state index in [1.54, 1.807) is 0 Å². The summed E-state index contributed by atoms with van der Waals surface area (Å²) in [6, 6.07) is 4.16. The van der Waals surface area contributed by atoms with Crippen LogP contribution in [0.4, 0.5) is 5.69 Å². The molecule has 0 fully saturated rings. The molecule has 0 aliphatic heterocycles. The smallest absolute Gasteiger partial charge is 0.340 e. The van der Waals surface area contributed by atoms with Crippen molar-refractivity contribution in [3.05, 3.63) is 28.8 Å². The first-order valence-corrected chi connectivity index (χ1v) is 6.70. The number of carbonyl (C=O) groups excluding carboxylic acids is 1. The van der Waals surface area contributed by atoms with Crippen LogP contribution >= 0.6 is 11.6 Å². The van der Waals surface area contributed by atoms with Crippen molar-refractivity contribution in [2.24, 2.45) is 10.4 Å². The maximum absolute atomic E-state index is 11.4. The van der Waals surface area contributed by atoms with Gasteiger partial charge < -0.3 is 4.74 Å². The molecule has 0 aliphatic rings. The Labute approximate surface area is 108 Å². The zero-order valence-corrected chi connectivity index (χ0v) is 11.0. The molecule has 0 saturated carbocycles. The number of rotatable bonds is 4. The van der Waals surface area contributed by atoms with E-state index in [-0.39, 0.29) is 11.3 Å². The fraction of sp³-hybridized carbons (Fsp3) is 0.222. The van der Waals surface area contributed by atoms with Gasteiger partial charge in [0, 0.05) is 10.3 Å². The van der Waals surface area contributed by atoms with E-state index in [1.165, 1.54) is 25.3 Å². The first-order valence-electron chi connectivity index (χ1n) is 4.51. The van der Waals surface area contributed by atoms with Crippen LogP contribution < -0.4 is 0 Å². The van der Waals surface area contributed by atoms with Gasteiger partial charge >= 0.3 is 16.1 Å². The topological polar surface area (TPSA) is 94.4 Å². The molecular weight excluding hydrogens is 284 g/mol. The molecule has 0 N–H and O–H groups in total. The van der Waals surface area contributed by atoms with Gasteiger partial charge in [-0.15, -0.1) is 5.11 Å². The maximum atomic E-state index is 11.4. The third-order valence-electron chi connectivity index (χ3n) is 1.68. The molecular formula is C9H9ClN2O5S. The van der Waals surface area contributed by atoms with Gasteiger partial charge in [-0.05, 0) is 18.2 Å². The molecule has 1 rings (SSSR count). The Morgan fingerprint density at radius 2 is 2.06 bits per heavy atom. The molecule has 0 atom stereocenters. The molecule has 0 heterocycles. The Kier molecular flexibility index (Phi) is 4.62. The average molecular weight is 293 g/mol. The predicted molar refractivity (Wildman–Crippen MR) is 63.2 cm³/mol. The summed E-state index contributed by atoms with van der Waals surface area (Å²) in [6.45, 7) is 0. The molecule has 0 bridgehead atoms. The maximum Gasteiger partial charge on any atom is 0.340 e. The lowest BCUT2D eigenvalue weighted by atomic mass is 10.2. The Bertz CT molecular complexity index is 585. The number of methoxy groups -OCH3 is 1. The molecule has 1 aromatic rings. The monoisotopic (exact) mass is 292 g/mol. The van der Waals surface area contributed by atoms with Gasteiger partial charge in [0.15, 0.2) is 0 Å². The molecule has 0 saturated heterocycles. The summed E-state index contributed by atoms with van der Waals surface area (Å²) in [5.41, 5.74) is 0.126. The van der Waals surface area contributed by atoms with Crippen LogP contribution in [0, 0.1) is 0 Å². The minimum Gasteiger partial charge on any atom is -0.465 e. The van der Waals surface area contributed by atoms with Gasteiger partial charge in [-0.2, -0.15) is 8.42 Å². The average Bonchev–Trinajstić information content (AvgIpc) is 2.28. The van der Waals surface area contributed by atoms with E-state index in [2.05, 4.69) is 19.4 Å². The van der Waals surface area contributed by atoms with Crippen molar-refractivity contribution >= 4 is 33.4 Å². The lowest BCUT2D eigenvalue weighted by Crippen LogP contribution is -2.01. The van der Waals surface area contributed by atoms with Crippen molar-refractivity contribution in [2.75, 3.05) is 13.4 Å². The highest BCUT2D eigenvalue weighted by Gasteiger charge is 2.12. The molecule has 7 nitrogen and oxygen atoms in total. The van der Waals surface area contributed by atoms with Gasteiger partial charge in [0.05, 0.1) is 18.9 Å². The Balaban J connectivity index is 3.05. The van der Waals surface area contributed by atoms with Crippen molar-refractivity contribution in [3.8, 4) is 0 Å². The van der Waals surface area contributed by atoms with Crippen molar-refractivity contribution in [3.63, 3.8) is 0 Å². The van der Waals surface area contributed by atoms with E-state index in [4.69, 9.17) is 11.6 Å². The van der Waals surface area contributed by atoms with E-state index in [0.717, 1.165) is 6.26 Å². The molecule has 0 radical (unpaired) electrons. The molecule has 9 heteroatoms. The first kappa shape index (κ1) is 14.4. The summed E-state index contributed by atoms with van der Waals surface area (Å²) in [7, 11) is -2.55. The van der Waals surface area contributed by atoms with E-state index in [9.17, 15) is 13.2 Å². The molecule has 98 valence electrons. The Hall–Kier alpha value is -1.67. The Morgan fingerprint density at radius 3 is 2.61 bits per heavy atom. The van der Waals surface area contributed by atoms with Crippen LogP contribution in [0.25, 0.3) is 0 Å². The minimum atomic E-state index is -3.74. The van der Waals surface area contributed by atoms with Gasteiger partial charge in [0.2, 0.25) is 0 Å². The minimum absolute atomic E-state index is 0.0471. The lowest BCUT2D eigenvalue weighted by Gasteiger charge is -2.02. The summed E-state index contributed by atoms with van der Waals surface area (Å²) in [6.07, 6.45) is 0.815. The second-order valence-electron chi connectivity index (χ2n) is 3.11. The van der Waals surface area contributed by atoms with Crippen LogP contribution in [0.15, 0.2) is 28.6 Å². The van der Waals surface area contributed by atoms with Gasteiger partial charge in [-0.1, -0.05) is 11.6 Å². The highest BCUT2D eigenvalue weighted by atomic mass is 35.5. The molecule has 0 aromatic heterocycles. The Morgan fingerprint density at radius 1 is 1.39 bits per heavy atom. The number of benzene rings is 1. The van der Waals surface area contributed by atoms with Gasteiger partial charge in [0.25, 0.3) is 0 Å². The zero-order valence-electron chi connectivity index (χ0n) is 9.45. The number of ether oxygens (including phenoxy) is 1. The first-order chi connectivity index (χ1) is 8.33. The van der Waals surface area contributed by atoms with Gasteiger partial charge in [0.1, 0.15) is 5.69 Å².